The highest BCUT2D eigenvalue weighted by Gasteiger charge is 2.30. The zero-order valence-electron chi connectivity index (χ0n) is 14.1. The van der Waals surface area contributed by atoms with E-state index in [1.54, 1.807) is 0 Å². The Morgan fingerprint density at radius 2 is 1.84 bits per heavy atom. The predicted molar refractivity (Wildman–Crippen MR) is 90.2 cm³/mol. The summed E-state index contributed by atoms with van der Waals surface area (Å²) in [6.45, 7) is 1.73. The normalized spacial score (nSPS) is 22.6. The Morgan fingerprint density at radius 1 is 1.16 bits per heavy atom. The van der Waals surface area contributed by atoms with Gasteiger partial charge in [0.2, 0.25) is 5.91 Å². The minimum absolute atomic E-state index is 0.118. The lowest BCUT2D eigenvalue weighted by Gasteiger charge is -2.31. The molecule has 134 valence electrons. The van der Waals surface area contributed by atoms with Crippen molar-refractivity contribution >= 4 is 23.5 Å². The Morgan fingerprint density at radius 3 is 2.44 bits per heavy atom. The van der Waals surface area contributed by atoms with Gasteiger partial charge in [-0.15, -0.1) is 0 Å². The summed E-state index contributed by atoms with van der Waals surface area (Å²) >= 11 is 0. The molecular formula is C18H24N3O4+. The van der Waals surface area contributed by atoms with Gasteiger partial charge in [0, 0.05) is 12.8 Å². The first-order valence-corrected chi connectivity index (χ1v) is 8.74. The quantitative estimate of drug-likeness (QED) is 0.512. The van der Waals surface area contributed by atoms with Crippen LogP contribution in [0.5, 0.6) is 0 Å². The number of likely N-dealkylation sites (tertiary alicyclic amines) is 1. The molecule has 0 bridgehead atoms. The maximum Gasteiger partial charge on any atom is 0.317 e. The Bertz CT molecular complexity index is 651. The van der Waals surface area contributed by atoms with Gasteiger partial charge in [0.05, 0.1) is 6.54 Å². The van der Waals surface area contributed by atoms with Crippen LogP contribution in [-0.2, 0) is 14.4 Å². The molecule has 0 spiro atoms. The number of benzene rings is 1. The van der Waals surface area contributed by atoms with Crippen LogP contribution in [-0.4, -0.2) is 53.5 Å². The number of hydrogen-bond donors (Lipinski definition) is 3. The molecule has 2 fully saturated rings. The maximum absolute atomic E-state index is 11.8. The Hall–Kier alpha value is -2.25. The number of carboxylic acid groups (broad SMARTS) is 1. The summed E-state index contributed by atoms with van der Waals surface area (Å²) in [5.41, 5.74) is 2.25. The number of nitrogens with one attached hydrogen (secondary N) is 1. The molecule has 2 aliphatic rings. The molecule has 0 aliphatic carbocycles. The molecule has 0 aromatic heterocycles. The van der Waals surface area contributed by atoms with Crippen molar-refractivity contribution in [3.8, 4) is 0 Å². The van der Waals surface area contributed by atoms with E-state index in [9.17, 15) is 14.4 Å². The van der Waals surface area contributed by atoms with Gasteiger partial charge in [-0.2, -0.15) is 0 Å². The third kappa shape index (κ3) is 4.64. The van der Waals surface area contributed by atoms with Gasteiger partial charge < -0.3 is 10.4 Å². The first-order chi connectivity index (χ1) is 12.0. The lowest BCUT2D eigenvalue weighted by atomic mass is 9.89. The van der Waals surface area contributed by atoms with Crippen LogP contribution in [0.2, 0.25) is 0 Å². The lowest BCUT2D eigenvalue weighted by molar-refractivity contribution is -0.598. The van der Waals surface area contributed by atoms with Crippen molar-refractivity contribution < 1.29 is 24.8 Å². The van der Waals surface area contributed by atoms with Crippen molar-refractivity contribution in [2.45, 2.75) is 37.6 Å². The number of carboxylic acids is 1. The predicted octanol–water partition coefficient (Wildman–Crippen LogP) is -0.0493. The van der Waals surface area contributed by atoms with Gasteiger partial charge in [0.15, 0.2) is 6.04 Å². The van der Waals surface area contributed by atoms with Crippen LogP contribution >= 0.6 is 0 Å². The molecule has 7 heteroatoms. The first kappa shape index (κ1) is 17.6. The summed E-state index contributed by atoms with van der Waals surface area (Å²) < 4.78 is 0. The summed E-state index contributed by atoms with van der Waals surface area (Å²) in [7, 11) is 0. The fourth-order valence-corrected chi connectivity index (χ4v) is 3.60. The van der Waals surface area contributed by atoms with E-state index in [1.807, 2.05) is 22.3 Å². The molecule has 1 atom stereocenters. The fraction of sp³-hybridized carbons (Fsp3) is 0.500. The summed E-state index contributed by atoms with van der Waals surface area (Å²) in [5, 5.41) is 13.1. The highest BCUT2D eigenvalue weighted by Crippen LogP contribution is 2.28. The van der Waals surface area contributed by atoms with Crippen LogP contribution in [0.1, 0.15) is 37.2 Å². The molecule has 2 amide bonds. The van der Waals surface area contributed by atoms with Gasteiger partial charge in [0.1, 0.15) is 5.69 Å². The van der Waals surface area contributed by atoms with E-state index < -0.39 is 5.97 Å². The molecule has 0 radical (unpaired) electrons. The second-order valence-electron chi connectivity index (χ2n) is 6.84. The second-order valence-corrected chi connectivity index (χ2v) is 6.84. The minimum Gasteiger partial charge on any atom is -0.480 e. The average Bonchev–Trinajstić information content (AvgIpc) is 2.58. The maximum atomic E-state index is 11.8. The second kappa shape index (κ2) is 7.76. The van der Waals surface area contributed by atoms with Crippen molar-refractivity contribution in [2.24, 2.45) is 0 Å². The summed E-state index contributed by atoms with van der Waals surface area (Å²) in [6, 6.07) is 7.97. The van der Waals surface area contributed by atoms with E-state index >= 15 is 0 Å². The van der Waals surface area contributed by atoms with Crippen molar-refractivity contribution in [1.29, 1.82) is 0 Å². The molecule has 1 unspecified atom stereocenters. The molecule has 7 nitrogen and oxygen atoms in total. The summed E-state index contributed by atoms with van der Waals surface area (Å²) in [5.74, 6) is -0.730. The number of nitrogens with two attached hydrogens (primary N) is 1. The summed E-state index contributed by atoms with van der Waals surface area (Å²) in [6.07, 6.45) is 2.88. The van der Waals surface area contributed by atoms with E-state index in [1.165, 1.54) is 5.56 Å². The van der Waals surface area contributed by atoms with Crippen LogP contribution in [0.4, 0.5) is 5.69 Å². The van der Waals surface area contributed by atoms with E-state index in [-0.39, 0.29) is 24.4 Å². The van der Waals surface area contributed by atoms with E-state index in [4.69, 9.17) is 5.11 Å². The van der Waals surface area contributed by atoms with Crippen LogP contribution in [0.15, 0.2) is 24.3 Å². The molecule has 0 saturated carbocycles. The number of rotatable bonds is 5. The molecule has 2 aliphatic heterocycles. The Kier molecular flexibility index (Phi) is 5.45. The van der Waals surface area contributed by atoms with Crippen molar-refractivity contribution in [2.75, 3.05) is 19.6 Å². The van der Waals surface area contributed by atoms with E-state index in [0.717, 1.165) is 31.6 Å². The molecule has 1 aromatic rings. The molecule has 25 heavy (non-hydrogen) atoms. The number of carbonyl (C=O) groups is 3. The lowest BCUT2D eigenvalue weighted by Crippen LogP contribution is -2.88. The topological polar surface area (TPSA) is 103 Å². The summed E-state index contributed by atoms with van der Waals surface area (Å²) in [4.78, 5) is 35.8. The third-order valence-corrected chi connectivity index (χ3v) is 5.03. The van der Waals surface area contributed by atoms with E-state index in [0.29, 0.717) is 18.8 Å². The van der Waals surface area contributed by atoms with Gasteiger partial charge >= 0.3 is 5.97 Å². The van der Waals surface area contributed by atoms with Gasteiger partial charge in [-0.1, -0.05) is 12.1 Å². The van der Waals surface area contributed by atoms with Crippen molar-refractivity contribution in [3.63, 3.8) is 0 Å². The Balaban J connectivity index is 1.53. The third-order valence-electron chi connectivity index (χ3n) is 5.03. The smallest absolute Gasteiger partial charge is 0.317 e. The number of amides is 2. The zero-order chi connectivity index (χ0) is 17.8. The molecule has 4 N–H and O–H groups in total. The first-order valence-electron chi connectivity index (χ1n) is 8.74. The van der Waals surface area contributed by atoms with Gasteiger partial charge in [0.25, 0.3) is 5.91 Å². The molecular weight excluding hydrogens is 322 g/mol. The van der Waals surface area contributed by atoms with Crippen LogP contribution in [0, 0.1) is 0 Å². The van der Waals surface area contributed by atoms with Gasteiger partial charge in [-0.05, 0) is 49.5 Å². The van der Waals surface area contributed by atoms with E-state index in [2.05, 4.69) is 17.4 Å². The highest BCUT2D eigenvalue weighted by molar-refractivity contribution is 5.99. The molecule has 3 rings (SSSR count). The number of carbonyl (C=O) groups excluding carboxylic acids is 2. The van der Waals surface area contributed by atoms with Crippen LogP contribution in [0.3, 0.4) is 0 Å². The fourth-order valence-electron chi connectivity index (χ4n) is 3.60. The SMILES string of the molecule is O=C(O)CN1CCC(c2ccc([NH2+]C3CCC(=O)NC3=O)cc2)CC1. The molecule has 2 heterocycles. The zero-order valence-corrected chi connectivity index (χ0v) is 14.1. The molecule has 2 saturated heterocycles. The monoisotopic (exact) mass is 346 g/mol. The molecule has 1 aromatic carbocycles. The van der Waals surface area contributed by atoms with Crippen LogP contribution < -0.4 is 10.6 Å². The van der Waals surface area contributed by atoms with Crippen molar-refractivity contribution in [1.82, 2.24) is 10.2 Å². The van der Waals surface area contributed by atoms with Crippen LogP contribution in [0.25, 0.3) is 0 Å². The van der Waals surface area contributed by atoms with Crippen molar-refractivity contribution in [3.05, 3.63) is 29.8 Å². The number of aliphatic carboxylic acids is 1. The standard InChI is InChI=1S/C18H23N3O4/c22-16-6-5-15(18(25)20-16)19-14-3-1-12(2-4-14)13-7-9-21(10-8-13)11-17(23)24/h1-4,13,15,19H,5-11H2,(H,23,24)(H,20,22,25)/p+1. The largest absolute Gasteiger partial charge is 0.480 e. The number of quaternary nitrogens is 1. The number of hydrogen-bond acceptors (Lipinski definition) is 4. The average molecular weight is 346 g/mol. The highest BCUT2D eigenvalue weighted by atomic mass is 16.4. The van der Waals surface area contributed by atoms with Gasteiger partial charge in [-0.25, -0.2) is 0 Å². The number of imide groups is 1. The number of piperidine rings is 2. The Labute approximate surface area is 146 Å². The van der Waals surface area contributed by atoms with Gasteiger partial charge in [-0.3, -0.25) is 24.6 Å². The number of nitrogens with zero attached hydrogens (tertiary/aromatic N) is 1. The minimum atomic E-state index is -0.771.